The maximum absolute atomic E-state index is 12.2. The highest BCUT2D eigenvalue weighted by atomic mass is 16.5. The molecule has 1 aliphatic rings. The van der Waals surface area contributed by atoms with Gasteiger partial charge in [0.25, 0.3) is 5.91 Å². The standard InChI is InChI=1S/C23H24N4O4/c28-21(25-19-9-11-20(12-10-19)27-13-3-1-2-4-14-27)15-30-23(29)18-7-5-17(6-8-18)22-26-24-16-31-22/h5-12,16H,1-4,13-15H2,(H,25,28). The highest BCUT2D eigenvalue weighted by molar-refractivity contribution is 5.95. The van der Waals surface area contributed by atoms with Crippen LogP contribution in [0.3, 0.4) is 0 Å². The van der Waals surface area contributed by atoms with Gasteiger partial charge in [0.15, 0.2) is 6.61 Å². The summed E-state index contributed by atoms with van der Waals surface area (Å²) in [5, 5.41) is 10.2. The smallest absolute Gasteiger partial charge is 0.338 e. The third kappa shape index (κ3) is 5.48. The second-order valence-electron chi connectivity index (χ2n) is 7.39. The van der Waals surface area contributed by atoms with E-state index < -0.39 is 11.9 Å². The number of hydrogen-bond acceptors (Lipinski definition) is 7. The molecule has 1 N–H and O–H groups in total. The van der Waals surface area contributed by atoms with Gasteiger partial charge < -0.3 is 19.4 Å². The number of ether oxygens (including phenoxy) is 1. The molecule has 4 rings (SSSR count). The molecular weight excluding hydrogens is 396 g/mol. The van der Waals surface area contributed by atoms with Crippen molar-refractivity contribution in [2.45, 2.75) is 25.7 Å². The zero-order chi connectivity index (χ0) is 21.5. The molecule has 3 aromatic rings. The van der Waals surface area contributed by atoms with E-state index in [9.17, 15) is 9.59 Å². The van der Waals surface area contributed by atoms with Gasteiger partial charge in [-0.3, -0.25) is 4.79 Å². The maximum Gasteiger partial charge on any atom is 0.338 e. The van der Waals surface area contributed by atoms with E-state index in [-0.39, 0.29) is 6.61 Å². The largest absolute Gasteiger partial charge is 0.452 e. The van der Waals surface area contributed by atoms with Crippen LogP contribution in [0, 0.1) is 0 Å². The van der Waals surface area contributed by atoms with Crippen LogP contribution in [0.4, 0.5) is 11.4 Å². The number of hydrogen-bond donors (Lipinski definition) is 1. The molecule has 1 aromatic heterocycles. The molecule has 0 spiro atoms. The Balaban J connectivity index is 1.26. The first-order chi connectivity index (χ1) is 15.2. The summed E-state index contributed by atoms with van der Waals surface area (Å²) in [5.41, 5.74) is 2.85. The second-order valence-corrected chi connectivity index (χ2v) is 7.39. The summed E-state index contributed by atoms with van der Waals surface area (Å²) in [4.78, 5) is 26.7. The van der Waals surface area contributed by atoms with Crippen LogP contribution in [0.5, 0.6) is 0 Å². The number of esters is 1. The van der Waals surface area contributed by atoms with E-state index in [0.717, 1.165) is 18.8 Å². The maximum atomic E-state index is 12.2. The third-order valence-corrected chi connectivity index (χ3v) is 5.18. The Labute approximate surface area is 180 Å². The van der Waals surface area contributed by atoms with Crippen molar-refractivity contribution in [2.75, 3.05) is 29.9 Å². The minimum absolute atomic E-state index is 0.331. The average molecular weight is 420 g/mol. The highest BCUT2D eigenvalue weighted by Crippen LogP contribution is 2.22. The number of nitrogens with one attached hydrogen (secondary N) is 1. The number of nitrogens with zero attached hydrogens (tertiary/aromatic N) is 3. The summed E-state index contributed by atoms with van der Waals surface area (Å²) in [6.07, 6.45) is 6.23. The van der Waals surface area contributed by atoms with E-state index in [2.05, 4.69) is 20.4 Å². The van der Waals surface area contributed by atoms with Crippen LogP contribution in [0.15, 0.2) is 59.3 Å². The molecule has 8 heteroatoms. The Morgan fingerprint density at radius 1 is 0.968 bits per heavy atom. The molecule has 0 bridgehead atoms. The number of rotatable bonds is 6. The number of carbonyl (C=O) groups is 2. The molecule has 31 heavy (non-hydrogen) atoms. The SMILES string of the molecule is O=C(COC(=O)c1ccc(-c2nnco2)cc1)Nc1ccc(N2CCCCCC2)cc1. The number of anilines is 2. The molecule has 2 aromatic carbocycles. The molecule has 0 saturated carbocycles. The molecule has 160 valence electrons. The van der Waals surface area contributed by atoms with Crippen molar-refractivity contribution in [3.05, 3.63) is 60.5 Å². The van der Waals surface area contributed by atoms with Gasteiger partial charge in [-0.15, -0.1) is 10.2 Å². The molecule has 1 saturated heterocycles. The second kappa shape index (κ2) is 9.88. The van der Waals surface area contributed by atoms with Crippen LogP contribution in [-0.4, -0.2) is 41.8 Å². The molecule has 0 radical (unpaired) electrons. The first-order valence-corrected chi connectivity index (χ1v) is 10.4. The van der Waals surface area contributed by atoms with Crippen LogP contribution in [0.1, 0.15) is 36.0 Å². The van der Waals surface area contributed by atoms with Crippen LogP contribution in [-0.2, 0) is 9.53 Å². The summed E-state index contributed by atoms with van der Waals surface area (Å²) in [7, 11) is 0. The summed E-state index contributed by atoms with van der Waals surface area (Å²) >= 11 is 0. The predicted molar refractivity (Wildman–Crippen MR) is 116 cm³/mol. The molecule has 0 atom stereocenters. The third-order valence-electron chi connectivity index (χ3n) is 5.18. The Morgan fingerprint density at radius 2 is 1.68 bits per heavy atom. The van der Waals surface area contributed by atoms with Crippen molar-refractivity contribution in [1.82, 2.24) is 10.2 Å². The van der Waals surface area contributed by atoms with E-state index in [1.165, 1.54) is 32.1 Å². The van der Waals surface area contributed by atoms with Crippen LogP contribution >= 0.6 is 0 Å². The first-order valence-electron chi connectivity index (χ1n) is 10.4. The molecule has 1 aliphatic heterocycles. The van der Waals surface area contributed by atoms with Gasteiger partial charge in [0.1, 0.15) is 0 Å². The lowest BCUT2D eigenvalue weighted by atomic mass is 10.1. The Kier molecular flexibility index (Phi) is 6.56. The van der Waals surface area contributed by atoms with E-state index in [4.69, 9.17) is 9.15 Å². The van der Waals surface area contributed by atoms with Crippen molar-refractivity contribution in [3.8, 4) is 11.5 Å². The Morgan fingerprint density at radius 3 is 2.32 bits per heavy atom. The van der Waals surface area contributed by atoms with Gasteiger partial charge in [-0.25, -0.2) is 4.79 Å². The number of carbonyl (C=O) groups excluding carboxylic acids is 2. The molecule has 8 nitrogen and oxygen atoms in total. The van der Waals surface area contributed by atoms with Crippen molar-refractivity contribution in [1.29, 1.82) is 0 Å². The summed E-state index contributed by atoms with van der Waals surface area (Å²) in [5.74, 6) is -0.608. The fourth-order valence-electron chi connectivity index (χ4n) is 3.54. The lowest BCUT2D eigenvalue weighted by Crippen LogP contribution is -2.24. The van der Waals surface area contributed by atoms with Gasteiger partial charge in [0.2, 0.25) is 12.3 Å². The van der Waals surface area contributed by atoms with Crippen molar-refractivity contribution < 1.29 is 18.7 Å². The van der Waals surface area contributed by atoms with Crippen molar-refractivity contribution >= 4 is 23.3 Å². The Hall–Kier alpha value is -3.68. The summed E-state index contributed by atoms with van der Waals surface area (Å²) < 4.78 is 10.2. The molecule has 1 amide bonds. The topological polar surface area (TPSA) is 97.6 Å². The monoisotopic (exact) mass is 420 g/mol. The minimum Gasteiger partial charge on any atom is -0.452 e. The zero-order valence-electron chi connectivity index (χ0n) is 17.1. The number of aromatic nitrogens is 2. The fraction of sp³-hybridized carbons (Fsp3) is 0.304. The quantitative estimate of drug-likeness (QED) is 0.604. The van der Waals surface area contributed by atoms with Gasteiger partial charge in [-0.05, 0) is 61.4 Å². The van der Waals surface area contributed by atoms with Gasteiger partial charge in [0.05, 0.1) is 5.56 Å². The molecule has 1 fully saturated rings. The van der Waals surface area contributed by atoms with Crippen molar-refractivity contribution in [3.63, 3.8) is 0 Å². The molecule has 0 aliphatic carbocycles. The minimum atomic E-state index is -0.580. The normalized spacial score (nSPS) is 14.0. The zero-order valence-corrected chi connectivity index (χ0v) is 17.1. The van der Waals surface area contributed by atoms with Gasteiger partial charge in [-0.1, -0.05) is 12.8 Å². The van der Waals surface area contributed by atoms with E-state index in [0.29, 0.717) is 22.7 Å². The van der Waals surface area contributed by atoms with Crippen molar-refractivity contribution in [2.24, 2.45) is 0 Å². The number of amides is 1. The van der Waals surface area contributed by atoms with Gasteiger partial charge in [-0.2, -0.15) is 0 Å². The summed E-state index contributed by atoms with van der Waals surface area (Å²) in [6, 6.07) is 14.3. The molecule has 2 heterocycles. The van der Waals surface area contributed by atoms with E-state index >= 15 is 0 Å². The predicted octanol–water partition coefficient (Wildman–Crippen LogP) is 3.91. The van der Waals surface area contributed by atoms with Gasteiger partial charge >= 0.3 is 5.97 Å². The fourth-order valence-corrected chi connectivity index (χ4v) is 3.54. The van der Waals surface area contributed by atoms with Crippen LogP contribution in [0.25, 0.3) is 11.5 Å². The number of benzene rings is 2. The lowest BCUT2D eigenvalue weighted by molar-refractivity contribution is -0.119. The van der Waals surface area contributed by atoms with Crippen LogP contribution < -0.4 is 10.2 Å². The highest BCUT2D eigenvalue weighted by Gasteiger charge is 2.13. The first kappa shape index (κ1) is 20.6. The average Bonchev–Trinajstić information content (AvgIpc) is 3.21. The van der Waals surface area contributed by atoms with Crippen LogP contribution in [0.2, 0.25) is 0 Å². The Bertz CT molecular complexity index is 993. The lowest BCUT2D eigenvalue weighted by Gasteiger charge is -2.22. The van der Waals surface area contributed by atoms with Gasteiger partial charge in [0, 0.05) is 30.0 Å². The van der Waals surface area contributed by atoms with E-state index in [1.807, 2.05) is 24.3 Å². The van der Waals surface area contributed by atoms with E-state index in [1.54, 1.807) is 24.3 Å². The molecule has 0 unspecified atom stereocenters. The molecular formula is C23H24N4O4. The summed E-state index contributed by atoms with van der Waals surface area (Å²) in [6.45, 7) is 1.77.